The summed E-state index contributed by atoms with van der Waals surface area (Å²) in [6.07, 6.45) is 2.55. The monoisotopic (exact) mass is 318 g/mol. The van der Waals surface area contributed by atoms with E-state index in [0.29, 0.717) is 18.7 Å². The van der Waals surface area contributed by atoms with Gasteiger partial charge in [-0.1, -0.05) is 0 Å². The summed E-state index contributed by atoms with van der Waals surface area (Å²) in [5.74, 6) is 0. The quantitative estimate of drug-likeness (QED) is 0.926. The number of piperidine rings is 1. The summed E-state index contributed by atoms with van der Waals surface area (Å²) in [5, 5.41) is 2.21. The summed E-state index contributed by atoms with van der Waals surface area (Å²) in [6.45, 7) is 2.79. The van der Waals surface area contributed by atoms with E-state index in [2.05, 4.69) is 32.3 Å². The van der Waals surface area contributed by atoms with Gasteiger partial charge >= 0.3 is 0 Å². The van der Waals surface area contributed by atoms with Crippen molar-refractivity contribution in [2.24, 2.45) is 5.73 Å². The van der Waals surface area contributed by atoms with Crippen molar-refractivity contribution in [3.8, 4) is 0 Å². The molecule has 0 bridgehead atoms. The van der Waals surface area contributed by atoms with Crippen molar-refractivity contribution in [1.82, 2.24) is 4.90 Å². The normalized spacial score (nSPS) is 26.3. The topological polar surface area (TPSA) is 38.5 Å². The molecule has 2 rings (SSSR count). The molecule has 1 aromatic rings. The lowest BCUT2D eigenvalue weighted by molar-refractivity contribution is 0.0102. The molecule has 2 atom stereocenters. The number of methoxy groups -OCH3 is 1. The van der Waals surface area contributed by atoms with E-state index in [1.807, 2.05) is 0 Å². The molecule has 0 spiro atoms. The number of nitrogens with zero attached hydrogens (tertiary/aromatic N) is 1. The van der Waals surface area contributed by atoms with Crippen LogP contribution in [-0.2, 0) is 11.3 Å². The second-order valence-electron chi connectivity index (χ2n) is 4.50. The van der Waals surface area contributed by atoms with Gasteiger partial charge in [-0.3, -0.25) is 4.90 Å². The van der Waals surface area contributed by atoms with Crippen LogP contribution in [0.3, 0.4) is 0 Å². The Kier molecular flexibility index (Phi) is 4.99. The zero-order chi connectivity index (χ0) is 12.3. The highest BCUT2D eigenvalue weighted by Crippen LogP contribution is 2.25. The summed E-state index contributed by atoms with van der Waals surface area (Å²) in [7, 11) is 1.80. The van der Waals surface area contributed by atoms with Gasteiger partial charge in [-0.2, -0.15) is 0 Å². The molecule has 5 heteroatoms. The predicted molar refractivity (Wildman–Crippen MR) is 75.3 cm³/mol. The first-order chi connectivity index (χ1) is 8.22. The van der Waals surface area contributed by atoms with Crippen LogP contribution in [0.15, 0.2) is 15.2 Å². The Bertz CT molecular complexity index is 358. The number of thiophene rings is 1. The zero-order valence-electron chi connectivity index (χ0n) is 10.1. The molecule has 1 saturated heterocycles. The van der Waals surface area contributed by atoms with Gasteiger partial charge in [0, 0.05) is 32.8 Å². The van der Waals surface area contributed by atoms with Crippen LogP contribution in [-0.4, -0.2) is 37.2 Å². The van der Waals surface area contributed by atoms with E-state index < -0.39 is 0 Å². The van der Waals surface area contributed by atoms with Crippen molar-refractivity contribution in [1.29, 1.82) is 0 Å². The minimum absolute atomic E-state index is 0.383. The molecule has 1 aromatic heterocycles. The van der Waals surface area contributed by atoms with Gasteiger partial charge in [-0.25, -0.2) is 0 Å². The largest absolute Gasteiger partial charge is 0.381 e. The summed E-state index contributed by atoms with van der Waals surface area (Å²) < 4.78 is 6.64. The maximum Gasteiger partial charge on any atom is 0.0701 e. The summed E-state index contributed by atoms with van der Waals surface area (Å²) in [4.78, 5) is 2.48. The number of nitrogens with two attached hydrogens (primary N) is 1. The lowest BCUT2D eigenvalue weighted by atomic mass is 9.99. The molecule has 3 nitrogen and oxygen atoms in total. The highest BCUT2D eigenvalue weighted by atomic mass is 79.9. The second kappa shape index (κ2) is 6.29. The first kappa shape index (κ1) is 13.5. The van der Waals surface area contributed by atoms with E-state index >= 15 is 0 Å². The van der Waals surface area contributed by atoms with Gasteiger partial charge in [-0.15, -0.1) is 11.3 Å². The molecule has 2 unspecified atom stereocenters. The number of halogens is 1. The number of hydrogen-bond donors (Lipinski definition) is 1. The van der Waals surface area contributed by atoms with E-state index in [-0.39, 0.29) is 0 Å². The van der Waals surface area contributed by atoms with Crippen molar-refractivity contribution in [2.45, 2.75) is 31.5 Å². The fourth-order valence-electron chi connectivity index (χ4n) is 2.39. The third-order valence-corrected chi connectivity index (χ3v) is 4.96. The van der Waals surface area contributed by atoms with E-state index in [1.165, 1.54) is 9.35 Å². The Morgan fingerprint density at radius 3 is 3.06 bits per heavy atom. The molecule has 2 N–H and O–H groups in total. The zero-order valence-corrected chi connectivity index (χ0v) is 12.5. The van der Waals surface area contributed by atoms with Gasteiger partial charge in [0.1, 0.15) is 0 Å². The predicted octanol–water partition coefficient (Wildman–Crippen LogP) is 2.45. The Labute approximate surface area is 115 Å². The lowest BCUT2D eigenvalue weighted by Gasteiger charge is -2.38. The Balaban J connectivity index is 1.95. The second-order valence-corrected chi connectivity index (χ2v) is 6.79. The van der Waals surface area contributed by atoms with E-state index in [1.54, 1.807) is 18.4 Å². The number of ether oxygens (including phenoxy) is 1. The average Bonchev–Trinajstić information content (AvgIpc) is 2.75. The van der Waals surface area contributed by atoms with Gasteiger partial charge in [0.15, 0.2) is 0 Å². The van der Waals surface area contributed by atoms with E-state index in [9.17, 15) is 0 Å². The van der Waals surface area contributed by atoms with Crippen molar-refractivity contribution in [3.05, 3.63) is 20.8 Å². The first-order valence-electron chi connectivity index (χ1n) is 5.92. The molecule has 0 aliphatic carbocycles. The molecule has 1 fully saturated rings. The molecule has 1 aliphatic heterocycles. The van der Waals surface area contributed by atoms with Crippen LogP contribution in [0.5, 0.6) is 0 Å². The lowest BCUT2D eigenvalue weighted by Crippen LogP contribution is -2.47. The molecular formula is C12H19BrN2OS. The third kappa shape index (κ3) is 3.51. The SMILES string of the molecule is COC1CCN(Cc2csc(Br)c2)C(CN)C1. The number of hydrogen-bond acceptors (Lipinski definition) is 4. The van der Waals surface area contributed by atoms with E-state index in [0.717, 1.165) is 25.9 Å². The van der Waals surface area contributed by atoms with Crippen molar-refractivity contribution < 1.29 is 4.74 Å². The average molecular weight is 319 g/mol. The molecule has 0 aromatic carbocycles. The maximum absolute atomic E-state index is 5.87. The molecule has 1 aliphatic rings. The first-order valence-corrected chi connectivity index (χ1v) is 7.60. The van der Waals surface area contributed by atoms with E-state index in [4.69, 9.17) is 10.5 Å². The Morgan fingerprint density at radius 2 is 2.47 bits per heavy atom. The van der Waals surface area contributed by atoms with Crippen molar-refractivity contribution in [3.63, 3.8) is 0 Å². The fraction of sp³-hybridized carbons (Fsp3) is 0.667. The maximum atomic E-state index is 5.87. The summed E-state index contributed by atoms with van der Waals surface area (Å²) in [5.41, 5.74) is 7.24. The smallest absolute Gasteiger partial charge is 0.0701 e. The molecule has 0 saturated carbocycles. The van der Waals surface area contributed by atoms with Gasteiger partial charge in [-0.05, 0) is 45.8 Å². The number of likely N-dealkylation sites (tertiary alicyclic amines) is 1. The summed E-state index contributed by atoms with van der Waals surface area (Å²) in [6, 6.07) is 2.65. The van der Waals surface area contributed by atoms with Crippen LogP contribution in [0.2, 0.25) is 0 Å². The minimum atomic E-state index is 0.383. The molecule has 2 heterocycles. The van der Waals surface area contributed by atoms with Crippen molar-refractivity contribution in [2.75, 3.05) is 20.2 Å². The highest BCUT2D eigenvalue weighted by molar-refractivity contribution is 9.11. The Morgan fingerprint density at radius 1 is 1.65 bits per heavy atom. The van der Waals surface area contributed by atoms with Crippen LogP contribution in [0, 0.1) is 0 Å². The summed E-state index contributed by atoms with van der Waals surface area (Å²) >= 11 is 5.25. The van der Waals surface area contributed by atoms with Gasteiger partial charge in [0.05, 0.1) is 9.89 Å². The van der Waals surface area contributed by atoms with Crippen molar-refractivity contribution >= 4 is 27.3 Å². The van der Waals surface area contributed by atoms with Gasteiger partial charge in [0.2, 0.25) is 0 Å². The molecule has 0 radical (unpaired) electrons. The van der Waals surface area contributed by atoms with Crippen LogP contribution in [0.25, 0.3) is 0 Å². The van der Waals surface area contributed by atoms with Gasteiger partial charge < -0.3 is 10.5 Å². The van der Waals surface area contributed by atoms with Crippen LogP contribution >= 0.6 is 27.3 Å². The molecule has 0 amide bonds. The van der Waals surface area contributed by atoms with Crippen LogP contribution < -0.4 is 5.73 Å². The molecule has 96 valence electrons. The minimum Gasteiger partial charge on any atom is -0.381 e. The molecule has 17 heavy (non-hydrogen) atoms. The Hall–Kier alpha value is 0.0600. The molecular weight excluding hydrogens is 300 g/mol. The van der Waals surface area contributed by atoms with Crippen LogP contribution in [0.1, 0.15) is 18.4 Å². The fourth-order valence-corrected chi connectivity index (χ4v) is 3.59. The standard InChI is InChI=1S/C12H19BrN2OS/c1-16-11-2-3-15(10(5-11)6-14)7-9-4-12(13)17-8-9/h4,8,10-11H,2-3,5-7,14H2,1H3. The van der Waals surface area contributed by atoms with Gasteiger partial charge in [0.25, 0.3) is 0 Å². The third-order valence-electron chi connectivity index (χ3n) is 3.40. The highest BCUT2D eigenvalue weighted by Gasteiger charge is 2.27. The number of rotatable bonds is 4. The van der Waals surface area contributed by atoms with Crippen LogP contribution in [0.4, 0.5) is 0 Å².